The Hall–Kier alpha value is -1.90. The number of fused-ring (bicyclic) bond motifs is 3. The molecule has 1 aromatic carbocycles. The maximum Gasteiger partial charge on any atom is 0.264 e. The second kappa shape index (κ2) is 7.50. The molecule has 1 heterocycles. The summed E-state index contributed by atoms with van der Waals surface area (Å²) in [5.41, 5.74) is 2.07. The quantitative estimate of drug-likeness (QED) is 0.534. The Morgan fingerprint density at radius 3 is 2.46 bits per heavy atom. The van der Waals surface area contributed by atoms with Gasteiger partial charge in [0.1, 0.15) is 16.9 Å². The molecule has 3 N–H and O–H groups in total. The third kappa shape index (κ3) is 3.44. The smallest absolute Gasteiger partial charge is 0.264 e. The standard InChI is InChI=1S/C20H26N2O5S/c23-19(21-24)20(11-5-6-12-20)22-28(25,26)14-9-10-16-15-7-3-1-2-4-8-17(15)27-18(16)13-14/h9-10,13,22,24H,1-8,11-12H2,(H,21,23). The van der Waals surface area contributed by atoms with Gasteiger partial charge in [0.15, 0.2) is 0 Å². The number of hydrogen-bond acceptors (Lipinski definition) is 5. The van der Waals surface area contributed by atoms with Gasteiger partial charge in [0.25, 0.3) is 5.91 Å². The molecule has 1 saturated carbocycles. The second-order valence-electron chi connectivity index (χ2n) is 7.91. The van der Waals surface area contributed by atoms with E-state index in [1.807, 2.05) is 0 Å². The molecule has 28 heavy (non-hydrogen) atoms. The molecule has 7 nitrogen and oxygen atoms in total. The van der Waals surface area contributed by atoms with Gasteiger partial charge in [-0.15, -0.1) is 0 Å². The number of aryl methyl sites for hydroxylation is 2. The van der Waals surface area contributed by atoms with Crippen LogP contribution in [0.25, 0.3) is 11.0 Å². The van der Waals surface area contributed by atoms with Crippen molar-refractivity contribution < 1.29 is 22.8 Å². The highest BCUT2D eigenvalue weighted by atomic mass is 32.2. The number of amides is 1. The Morgan fingerprint density at radius 1 is 1.04 bits per heavy atom. The number of rotatable bonds is 4. The molecule has 1 fully saturated rings. The van der Waals surface area contributed by atoms with Crippen molar-refractivity contribution in [1.82, 2.24) is 10.2 Å². The van der Waals surface area contributed by atoms with Crippen LogP contribution in [-0.4, -0.2) is 25.1 Å². The van der Waals surface area contributed by atoms with Crippen molar-refractivity contribution >= 4 is 26.9 Å². The van der Waals surface area contributed by atoms with E-state index in [1.165, 1.54) is 18.4 Å². The fourth-order valence-corrected chi connectivity index (χ4v) is 5.98. The van der Waals surface area contributed by atoms with Crippen LogP contribution in [0.15, 0.2) is 27.5 Å². The van der Waals surface area contributed by atoms with Crippen molar-refractivity contribution in [3.63, 3.8) is 0 Å². The summed E-state index contributed by atoms with van der Waals surface area (Å²) in [6.45, 7) is 0. The zero-order chi connectivity index (χ0) is 19.8. The number of benzene rings is 1. The number of nitrogens with one attached hydrogen (secondary N) is 2. The van der Waals surface area contributed by atoms with Gasteiger partial charge in [-0.1, -0.05) is 25.7 Å². The molecule has 2 aliphatic carbocycles. The van der Waals surface area contributed by atoms with E-state index in [9.17, 15) is 13.2 Å². The van der Waals surface area contributed by atoms with Crippen LogP contribution in [0.1, 0.15) is 62.7 Å². The van der Waals surface area contributed by atoms with Gasteiger partial charge in [0, 0.05) is 23.4 Å². The van der Waals surface area contributed by atoms with Gasteiger partial charge >= 0.3 is 0 Å². The molecule has 0 saturated heterocycles. The van der Waals surface area contributed by atoms with Crippen molar-refractivity contribution in [1.29, 1.82) is 0 Å². The predicted molar refractivity (Wildman–Crippen MR) is 104 cm³/mol. The summed E-state index contributed by atoms with van der Waals surface area (Å²) in [6.07, 6.45) is 8.58. The van der Waals surface area contributed by atoms with E-state index in [0.717, 1.165) is 49.7 Å². The highest BCUT2D eigenvalue weighted by Gasteiger charge is 2.44. The number of carbonyl (C=O) groups excluding carboxylic acids is 1. The molecule has 1 aromatic heterocycles. The topological polar surface area (TPSA) is 109 Å². The maximum atomic E-state index is 13.0. The lowest BCUT2D eigenvalue weighted by Crippen LogP contribution is -2.56. The monoisotopic (exact) mass is 406 g/mol. The highest BCUT2D eigenvalue weighted by molar-refractivity contribution is 7.89. The van der Waals surface area contributed by atoms with Crippen molar-refractivity contribution in [2.45, 2.75) is 74.6 Å². The van der Waals surface area contributed by atoms with Crippen molar-refractivity contribution in [2.24, 2.45) is 0 Å². The molecule has 2 aliphatic rings. The zero-order valence-corrected chi connectivity index (χ0v) is 16.6. The summed E-state index contributed by atoms with van der Waals surface area (Å²) in [6, 6.07) is 4.92. The molecular formula is C20H26N2O5S. The highest BCUT2D eigenvalue weighted by Crippen LogP contribution is 2.34. The molecule has 0 bridgehead atoms. The summed E-state index contributed by atoms with van der Waals surface area (Å²) < 4.78 is 34.5. The summed E-state index contributed by atoms with van der Waals surface area (Å²) in [7, 11) is -3.95. The molecule has 2 aromatic rings. The van der Waals surface area contributed by atoms with Gasteiger partial charge in [0.05, 0.1) is 4.90 Å². The molecule has 152 valence electrons. The third-order valence-electron chi connectivity index (χ3n) is 6.06. The first-order chi connectivity index (χ1) is 13.5. The van der Waals surface area contributed by atoms with E-state index in [1.54, 1.807) is 23.7 Å². The van der Waals surface area contributed by atoms with Gasteiger partial charge in [-0.25, -0.2) is 13.9 Å². The summed E-state index contributed by atoms with van der Waals surface area (Å²) in [4.78, 5) is 12.2. The van der Waals surface area contributed by atoms with Gasteiger partial charge in [-0.2, -0.15) is 4.72 Å². The number of furan rings is 1. The lowest BCUT2D eigenvalue weighted by atomic mass is 9.97. The van der Waals surface area contributed by atoms with Crippen molar-refractivity contribution in [3.8, 4) is 0 Å². The lowest BCUT2D eigenvalue weighted by Gasteiger charge is -2.27. The Balaban J connectivity index is 1.69. The van der Waals surface area contributed by atoms with E-state index in [2.05, 4.69) is 4.72 Å². The number of carbonyl (C=O) groups is 1. The Morgan fingerprint density at radius 2 is 1.75 bits per heavy atom. The Kier molecular flexibility index (Phi) is 5.20. The van der Waals surface area contributed by atoms with Crippen molar-refractivity contribution in [2.75, 3.05) is 0 Å². The molecule has 0 radical (unpaired) electrons. The van der Waals surface area contributed by atoms with E-state index in [4.69, 9.17) is 9.62 Å². The lowest BCUT2D eigenvalue weighted by molar-refractivity contribution is -0.135. The predicted octanol–water partition coefficient (Wildman–Crippen LogP) is 3.19. The molecule has 0 aliphatic heterocycles. The maximum absolute atomic E-state index is 13.0. The van der Waals surface area contributed by atoms with Crippen LogP contribution in [0.2, 0.25) is 0 Å². The number of sulfonamides is 1. The molecule has 0 spiro atoms. The average molecular weight is 407 g/mol. The minimum Gasteiger partial charge on any atom is -0.461 e. The van der Waals surface area contributed by atoms with E-state index >= 15 is 0 Å². The van der Waals surface area contributed by atoms with Crippen LogP contribution in [0.5, 0.6) is 0 Å². The van der Waals surface area contributed by atoms with Crippen LogP contribution >= 0.6 is 0 Å². The van der Waals surface area contributed by atoms with Crippen molar-refractivity contribution in [3.05, 3.63) is 29.5 Å². The molecule has 1 amide bonds. The molecule has 0 atom stereocenters. The first-order valence-corrected chi connectivity index (χ1v) is 11.5. The second-order valence-corrected chi connectivity index (χ2v) is 9.59. The average Bonchev–Trinajstić information content (AvgIpc) is 3.25. The van der Waals surface area contributed by atoms with Crippen LogP contribution in [-0.2, 0) is 27.7 Å². The Labute approximate surface area is 164 Å². The number of hydrogen-bond donors (Lipinski definition) is 3. The third-order valence-corrected chi connectivity index (χ3v) is 7.60. The molecule has 4 rings (SSSR count). The minimum atomic E-state index is -3.95. The largest absolute Gasteiger partial charge is 0.461 e. The summed E-state index contributed by atoms with van der Waals surface area (Å²) in [5, 5.41) is 10.0. The van der Waals surface area contributed by atoms with E-state index < -0.39 is 21.5 Å². The summed E-state index contributed by atoms with van der Waals surface area (Å²) >= 11 is 0. The van der Waals surface area contributed by atoms with E-state index in [0.29, 0.717) is 18.4 Å². The Bertz CT molecular complexity index is 989. The van der Waals surface area contributed by atoms with Gasteiger partial charge in [-0.3, -0.25) is 10.0 Å². The summed E-state index contributed by atoms with van der Waals surface area (Å²) in [5.74, 6) is 0.250. The minimum absolute atomic E-state index is 0.0683. The number of hydroxylamine groups is 1. The van der Waals surface area contributed by atoms with Gasteiger partial charge in [-0.05, 0) is 44.2 Å². The van der Waals surface area contributed by atoms with Gasteiger partial charge < -0.3 is 4.42 Å². The SMILES string of the molecule is O=C(NO)C1(NS(=O)(=O)c2ccc3c4c(oc3c2)CCCCCC4)CCCC1. The fraction of sp³-hybridized carbons (Fsp3) is 0.550. The van der Waals surface area contributed by atoms with Crippen LogP contribution in [0, 0.1) is 0 Å². The zero-order valence-electron chi connectivity index (χ0n) is 15.8. The first-order valence-electron chi connectivity index (χ1n) is 9.98. The van der Waals surface area contributed by atoms with Crippen LogP contribution in [0.4, 0.5) is 0 Å². The molecule has 8 heteroatoms. The molecular weight excluding hydrogens is 380 g/mol. The van der Waals surface area contributed by atoms with Crippen LogP contribution in [0.3, 0.4) is 0 Å². The van der Waals surface area contributed by atoms with Crippen LogP contribution < -0.4 is 10.2 Å². The normalized spacial score (nSPS) is 19.8. The molecule has 0 unspecified atom stereocenters. The van der Waals surface area contributed by atoms with Gasteiger partial charge in [0.2, 0.25) is 10.0 Å². The van der Waals surface area contributed by atoms with E-state index in [-0.39, 0.29) is 4.90 Å². The fourth-order valence-electron chi connectivity index (χ4n) is 4.54. The first kappa shape index (κ1) is 19.4.